The van der Waals surface area contributed by atoms with Crippen LogP contribution in [0.3, 0.4) is 0 Å². The summed E-state index contributed by atoms with van der Waals surface area (Å²) >= 11 is 0. The maximum atomic E-state index is 14.4. The van der Waals surface area contributed by atoms with Crippen molar-refractivity contribution in [1.82, 2.24) is 15.2 Å². The number of aromatic nitrogens is 3. The number of rotatable bonds is 6. The van der Waals surface area contributed by atoms with Crippen molar-refractivity contribution in [2.24, 2.45) is 0 Å². The zero-order valence-electron chi connectivity index (χ0n) is 16.6. The van der Waals surface area contributed by atoms with Gasteiger partial charge in [-0.3, -0.25) is 0 Å². The van der Waals surface area contributed by atoms with E-state index in [9.17, 15) is 13.2 Å². The fourth-order valence-corrected chi connectivity index (χ4v) is 3.26. The largest absolute Gasteiger partial charge is 0.435 e. The second-order valence-electron chi connectivity index (χ2n) is 6.98. The van der Waals surface area contributed by atoms with Gasteiger partial charge in [-0.15, -0.1) is 5.10 Å². The van der Waals surface area contributed by atoms with E-state index in [4.69, 9.17) is 4.74 Å². The molecule has 4 rings (SSSR count). The van der Waals surface area contributed by atoms with E-state index in [-0.39, 0.29) is 17.7 Å². The van der Waals surface area contributed by atoms with Crippen molar-refractivity contribution in [2.45, 2.75) is 19.6 Å². The quantitative estimate of drug-likeness (QED) is 0.626. The second kappa shape index (κ2) is 9.17. The van der Waals surface area contributed by atoms with E-state index in [1.807, 2.05) is 11.8 Å². The minimum Gasteiger partial charge on any atom is -0.435 e. The van der Waals surface area contributed by atoms with E-state index in [0.29, 0.717) is 42.5 Å². The fraction of sp³-hybridized carbons (Fsp3) is 0.286. The molecule has 0 aliphatic carbocycles. The Balaban J connectivity index is 1.53. The van der Waals surface area contributed by atoms with Crippen LogP contribution >= 0.6 is 0 Å². The molecule has 162 valence electrons. The molecule has 2 aromatic heterocycles. The number of hydrogen-bond donors (Lipinski definition) is 1. The fourth-order valence-electron chi connectivity index (χ4n) is 3.26. The summed E-state index contributed by atoms with van der Waals surface area (Å²) in [4.78, 5) is 6.43. The number of halogens is 3. The Morgan fingerprint density at radius 3 is 2.71 bits per heavy atom. The van der Waals surface area contributed by atoms with Gasteiger partial charge in [-0.05, 0) is 42.8 Å². The van der Waals surface area contributed by atoms with Gasteiger partial charge in [0.15, 0.2) is 17.5 Å². The SMILES string of the molecule is CC1CN(c2ccc(F)c(Nc3cc(-c4ccc(OC(F)F)cc4)cnn3)n2)CCO1. The lowest BCUT2D eigenvalue weighted by Gasteiger charge is -2.32. The molecule has 1 fully saturated rings. The van der Waals surface area contributed by atoms with Gasteiger partial charge in [0, 0.05) is 18.7 Å². The number of benzene rings is 1. The van der Waals surface area contributed by atoms with Gasteiger partial charge in [0.2, 0.25) is 0 Å². The summed E-state index contributed by atoms with van der Waals surface area (Å²) in [6, 6.07) is 10.8. The van der Waals surface area contributed by atoms with Crippen molar-refractivity contribution in [2.75, 3.05) is 29.9 Å². The van der Waals surface area contributed by atoms with E-state index in [1.165, 1.54) is 24.4 Å². The first-order valence-corrected chi connectivity index (χ1v) is 9.66. The van der Waals surface area contributed by atoms with Gasteiger partial charge in [-0.2, -0.15) is 13.9 Å². The smallest absolute Gasteiger partial charge is 0.387 e. The molecule has 10 heteroatoms. The summed E-state index contributed by atoms with van der Waals surface area (Å²) in [5, 5.41) is 10.8. The monoisotopic (exact) mass is 431 g/mol. The van der Waals surface area contributed by atoms with Crippen molar-refractivity contribution < 1.29 is 22.6 Å². The molecule has 1 aliphatic heterocycles. The van der Waals surface area contributed by atoms with E-state index < -0.39 is 12.4 Å². The van der Waals surface area contributed by atoms with Crippen LogP contribution < -0.4 is 15.0 Å². The molecule has 7 nitrogen and oxygen atoms in total. The predicted octanol–water partition coefficient (Wildman–Crippen LogP) is 4.25. The number of alkyl halides is 2. The number of anilines is 3. The van der Waals surface area contributed by atoms with Crippen LogP contribution in [0.1, 0.15) is 6.92 Å². The van der Waals surface area contributed by atoms with Crippen molar-refractivity contribution in [3.63, 3.8) is 0 Å². The lowest BCUT2D eigenvalue weighted by molar-refractivity contribution is -0.0498. The minimum atomic E-state index is -2.89. The summed E-state index contributed by atoms with van der Waals surface area (Å²) in [5.74, 6) is 0.497. The minimum absolute atomic E-state index is 0.0313. The number of morpholine rings is 1. The van der Waals surface area contributed by atoms with Gasteiger partial charge in [0.1, 0.15) is 11.6 Å². The van der Waals surface area contributed by atoms with Crippen LogP contribution in [0.5, 0.6) is 5.75 Å². The van der Waals surface area contributed by atoms with Gasteiger partial charge in [0.05, 0.1) is 18.9 Å². The Kier molecular flexibility index (Phi) is 6.17. The van der Waals surface area contributed by atoms with E-state index in [2.05, 4.69) is 25.2 Å². The Morgan fingerprint density at radius 2 is 1.97 bits per heavy atom. The zero-order chi connectivity index (χ0) is 21.8. The van der Waals surface area contributed by atoms with Gasteiger partial charge in [-0.25, -0.2) is 9.37 Å². The van der Waals surface area contributed by atoms with Crippen LogP contribution in [-0.4, -0.2) is 47.6 Å². The lowest BCUT2D eigenvalue weighted by atomic mass is 10.1. The van der Waals surface area contributed by atoms with Gasteiger partial charge in [0.25, 0.3) is 0 Å². The van der Waals surface area contributed by atoms with Crippen molar-refractivity contribution in [1.29, 1.82) is 0 Å². The molecule has 1 aromatic carbocycles. The Hall–Kier alpha value is -3.40. The first-order chi connectivity index (χ1) is 15.0. The first kappa shape index (κ1) is 20.9. The molecule has 0 spiro atoms. The van der Waals surface area contributed by atoms with E-state index in [0.717, 1.165) is 0 Å². The van der Waals surface area contributed by atoms with Crippen LogP contribution in [-0.2, 0) is 4.74 Å². The molecule has 1 saturated heterocycles. The maximum absolute atomic E-state index is 14.4. The van der Waals surface area contributed by atoms with Gasteiger partial charge in [-0.1, -0.05) is 12.1 Å². The second-order valence-corrected chi connectivity index (χ2v) is 6.98. The highest BCUT2D eigenvalue weighted by Gasteiger charge is 2.19. The zero-order valence-corrected chi connectivity index (χ0v) is 16.6. The average Bonchev–Trinajstić information content (AvgIpc) is 2.76. The van der Waals surface area contributed by atoms with Crippen LogP contribution in [0, 0.1) is 5.82 Å². The topological polar surface area (TPSA) is 72.4 Å². The Labute approximate surface area is 176 Å². The maximum Gasteiger partial charge on any atom is 0.387 e. The molecule has 1 N–H and O–H groups in total. The third-order valence-corrected chi connectivity index (χ3v) is 4.71. The molecule has 0 radical (unpaired) electrons. The van der Waals surface area contributed by atoms with Crippen LogP contribution in [0.15, 0.2) is 48.7 Å². The normalized spacial score (nSPS) is 16.4. The highest BCUT2D eigenvalue weighted by molar-refractivity contribution is 5.67. The lowest BCUT2D eigenvalue weighted by Crippen LogP contribution is -2.41. The average molecular weight is 431 g/mol. The standard InChI is InChI=1S/C21H20F3N5O2/c1-13-12-29(8-9-30-13)19-7-6-17(22)20(27-19)26-18-10-15(11-25-28-18)14-2-4-16(5-3-14)31-21(23)24/h2-7,10-11,13,21H,8-9,12H2,1H3,(H,26,27,28). The molecule has 1 aliphatic rings. The van der Waals surface area contributed by atoms with E-state index in [1.54, 1.807) is 24.3 Å². The van der Waals surface area contributed by atoms with E-state index >= 15 is 0 Å². The highest BCUT2D eigenvalue weighted by Crippen LogP contribution is 2.26. The predicted molar refractivity (Wildman–Crippen MR) is 109 cm³/mol. The highest BCUT2D eigenvalue weighted by atomic mass is 19.3. The number of hydrogen-bond acceptors (Lipinski definition) is 7. The molecule has 3 heterocycles. The third-order valence-electron chi connectivity index (χ3n) is 4.71. The Morgan fingerprint density at radius 1 is 1.16 bits per heavy atom. The van der Waals surface area contributed by atoms with Crippen molar-refractivity contribution in [3.05, 3.63) is 54.5 Å². The van der Waals surface area contributed by atoms with Gasteiger partial charge < -0.3 is 19.7 Å². The van der Waals surface area contributed by atoms with Crippen molar-refractivity contribution >= 4 is 17.5 Å². The Bertz CT molecular complexity index is 1040. The van der Waals surface area contributed by atoms with Crippen LogP contribution in [0.2, 0.25) is 0 Å². The molecular weight excluding hydrogens is 411 g/mol. The molecule has 1 unspecified atom stereocenters. The molecule has 0 bridgehead atoms. The number of pyridine rings is 1. The summed E-state index contributed by atoms with van der Waals surface area (Å²) in [6.45, 7) is 1.00. The number of nitrogens with one attached hydrogen (secondary N) is 1. The van der Waals surface area contributed by atoms with Crippen molar-refractivity contribution in [3.8, 4) is 16.9 Å². The summed E-state index contributed by atoms with van der Waals surface area (Å²) in [6.07, 6.45) is 1.58. The molecule has 3 aromatic rings. The summed E-state index contributed by atoms with van der Waals surface area (Å²) < 4.78 is 48.9. The summed E-state index contributed by atoms with van der Waals surface area (Å²) in [7, 11) is 0. The molecule has 1 atom stereocenters. The molecule has 0 saturated carbocycles. The number of ether oxygens (including phenoxy) is 2. The third kappa shape index (κ3) is 5.21. The number of nitrogens with zero attached hydrogens (tertiary/aromatic N) is 4. The first-order valence-electron chi connectivity index (χ1n) is 9.66. The molecule has 0 amide bonds. The molecular formula is C21H20F3N5O2. The summed E-state index contributed by atoms with van der Waals surface area (Å²) in [5.41, 5.74) is 1.38. The van der Waals surface area contributed by atoms with Crippen LogP contribution in [0.25, 0.3) is 11.1 Å². The van der Waals surface area contributed by atoms with Gasteiger partial charge >= 0.3 is 6.61 Å². The molecule has 31 heavy (non-hydrogen) atoms. The van der Waals surface area contributed by atoms with Crippen LogP contribution in [0.4, 0.5) is 30.6 Å².